The fraction of sp³-hybridized carbons (Fsp3) is 0.286. The van der Waals surface area contributed by atoms with Crippen molar-refractivity contribution in [2.24, 2.45) is 0 Å². The average Bonchev–Trinajstić information content (AvgIpc) is 3.12. The van der Waals surface area contributed by atoms with Crippen LogP contribution in [-0.4, -0.2) is 16.1 Å². The quantitative estimate of drug-likeness (QED) is 0.715. The first-order chi connectivity index (χ1) is 12.4. The van der Waals surface area contributed by atoms with Crippen molar-refractivity contribution in [1.29, 1.82) is 0 Å². The van der Waals surface area contributed by atoms with Crippen LogP contribution in [0.3, 0.4) is 0 Å². The van der Waals surface area contributed by atoms with Crippen LogP contribution in [0, 0.1) is 0 Å². The zero-order valence-corrected chi connectivity index (χ0v) is 15.5. The number of rotatable bonds is 4. The topological polar surface area (TPSA) is 68.0 Å². The molecule has 3 rings (SSSR count). The summed E-state index contributed by atoms with van der Waals surface area (Å²) in [6.07, 6.45) is 0.447. The van der Waals surface area contributed by atoms with Crippen LogP contribution >= 0.6 is 0 Å². The van der Waals surface area contributed by atoms with Crippen LogP contribution in [-0.2, 0) is 10.2 Å². The molecular weight excluding hydrogens is 326 g/mol. The van der Waals surface area contributed by atoms with Crippen molar-refractivity contribution in [2.45, 2.75) is 39.5 Å². The molecule has 1 heterocycles. The smallest absolute Gasteiger partial charge is 0.248 e. The summed E-state index contributed by atoms with van der Waals surface area (Å²) in [5.74, 6) is 0.925. The van der Waals surface area contributed by atoms with Gasteiger partial charge in [0.25, 0.3) is 0 Å². The van der Waals surface area contributed by atoms with Gasteiger partial charge in [-0.1, -0.05) is 39.8 Å². The summed E-state index contributed by atoms with van der Waals surface area (Å²) in [5, 5.41) is 11.1. The molecular formula is C21H23N3O2. The second kappa shape index (κ2) is 7.12. The number of hydrogen-bond donors (Lipinski definition) is 1. The highest BCUT2D eigenvalue weighted by Crippen LogP contribution is 2.28. The predicted molar refractivity (Wildman–Crippen MR) is 103 cm³/mol. The lowest BCUT2D eigenvalue weighted by atomic mass is 9.87. The lowest BCUT2D eigenvalue weighted by Gasteiger charge is -2.18. The summed E-state index contributed by atoms with van der Waals surface area (Å²) < 4.78 is 5.81. The van der Waals surface area contributed by atoms with Crippen LogP contribution < -0.4 is 5.32 Å². The van der Waals surface area contributed by atoms with Crippen molar-refractivity contribution < 1.29 is 9.21 Å². The summed E-state index contributed by atoms with van der Waals surface area (Å²) in [7, 11) is 0. The lowest BCUT2D eigenvalue weighted by Crippen LogP contribution is -2.10. The minimum absolute atomic E-state index is 0.0171. The summed E-state index contributed by atoms with van der Waals surface area (Å²) in [6, 6.07) is 15.5. The van der Waals surface area contributed by atoms with E-state index in [9.17, 15) is 4.79 Å². The molecule has 0 radical (unpaired) electrons. The normalized spacial score (nSPS) is 11.4. The Bertz CT molecular complexity index is 888. The van der Waals surface area contributed by atoms with E-state index in [1.807, 2.05) is 43.3 Å². The van der Waals surface area contributed by atoms with Gasteiger partial charge in [-0.2, -0.15) is 0 Å². The van der Waals surface area contributed by atoms with E-state index in [1.54, 1.807) is 0 Å². The largest absolute Gasteiger partial charge is 0.416 e. The maximum Gasteiger partial charge on any atom is 0.248 e. The predicted octanol–water partition coefficient (Wildman–Crippen LogP) is 5.05. The Kier molecular flexibility index (Phi) is 4.89. The number of nitrogens with one attached hydrogen (secondary N) is 1. The van der Waals surface area contributed by atoms with Crippen molar-refractivity contribution >= 4 is 11.6 Å². The standard InChI is InChI=1S/C21H23N3O2/c1-5-18(25)22-17-12-8-15(9-13-17)20-24-23-19(26-20)14-6-10-16(11-7-14)21(2,3)4/h6-13H,5H2,1-4H3,(H,22,25). The number of benzene rings is 2. The molecule has 0 saturated carbocycles. The maximum atomic E-state index is 11.4. The Hall–Kier alpha value is -2.95. The van der Waals surface area contributed by atoms with E-state index in [-0.39, 0.29) is 11.3 Å². The van der Waals surface area contributed by atoms with E-state index in [0.29, 0.717) is 18.2 Å². The molecule has 134 valence electrons. The van der Waals surface area contributed by atoms with E-state index < -0.39 is 0 Å². The molecule has 0 aliphatic rings. The zero-order chi connectivity index (χ0) is 18.7. The van der Waals surface area contributed by atoms with Crippen LogP contribution in [0.15, 0.2) is 52.9 Å². The van der Waals surface area contributed by atoms with Gasteiger partial charge in [-0.15, -0.1) is 10.2 Å². The van der Waals surface area contributed by atoms with Crippen molar-refractivity contribution in [2.75, 3.05) is 5.32 Å². The Balaban J connectivity index is 1.78. The number of carbonyl (C=O) groups is 1. The van der Waals surface area contributed by atoms with Crippen LogP contribution in [0.4, 0.5) is 5.69 Å². The molecule has 0 fully saturated rings. The molecule has 5 heteroatoms. The van der Waals surface area contributed by atoms with Crippen LogP contribution in [0.2, 0.25) is 0 Å². The molecule has 0 bridgehead atoms. The molecule has 0 aliphatic carbocycles. The molecule has 2 aromatic carbocycles. The number of hydrogen-bond acceptors (Lipinski definition) is 4. The molecule has 0 atom stereocenters. The summed E-state index contributed by atoms with van der Waals surface area (Å²) in [5.41, 5.74) is 3.81. The van der Waals surface area contributed by atoms with Gasteiger partial charge in [0.2, 0.25) is 17.7 Å². The van der Waals surface area contributed by atoms with Gasteiger partial charge in [0.05, 0.1) is 0 Å². The van der Waals surface area contributed by atoms with Gasteiger partial charge in [0.1, 0.15) is 0 Å². The molecule has 0 spiro atoms. The third-order valence-electron chi connectivity index (χ3n) is 4.16. The summed E-state index contributed by atoms with van der Waals surface area (Å²) in [4.78, 5) is 11.4. The van der Waals surface area contributed by atoms with E-state index >= 15 is 0 Å². The number of carbonyl (C=O) groups excluding carboxylic acids is 1. The molecule has 5 nitrogen and oxygen atoms in total. The number of amides is 1. The van der Waals surface area contributed by atoms with Crippen molar-refractivity contribution in [3.63, 3.8) is 0 Å². The first kappa shape index (κ1) is 17.9. The maximum absolute atomic E-state index is 11.4. The summed E-state index contributed by atoms with van der Waals surface area (Å²) in [6.45, 7) is 8.36. The highest BCUT2D eigenvalue weighted by molar-refractivity contribution is 5.90. The third kappa shape index (κ3) is 3.99. The monoisotopic (exact) mass is 349 g/mol. The number of nitrogens with zero attached hydrogens (tertiary/aromatic N) is 2. The third-order valence-corrected chi connectivity index (χ3v) is 4.16. The SMILES string of the molecule is CCC(=O)Nc1ccc(-c2nnc(-c3ccc(C(C)(C)C)cc3)o2)cc1. The minimum Gasteiger partial charge on any atom is -0.416 e. The van der Waals surface area contributed by atoms with Crippen molar-refractivity contribution in [3.8, 4) is 22.9 Å². The van der Waals surface area contributed by atoms with E-state index in [2.05, 4.69) is 48.4 Å². The van der Waals surface area contributed by atoms with E-state index in [1.165, 1.54) is 5.56 Å². The molecule has 3 aromatic rings. The van der Waals surface area contributed by atoms with Crippen molar-refractivity contribution in [3.05, 3.63) is 54.1 Å². The van der Waals surface area contributed by atoms with E-state index in [0.717, 1.165) is 16.8 Å². The average molecular weight is 349 g/mol. The fourth-order valence-electron chi connectivity index (χ4n) is 2.51. The molecule has 1 aromatic heterocycles. The number of aromatic nitrogens is 2. The van der Waals surface area contributed by atoms with E-state index in [4.69, 9.17) is 4.42 Å². The number of anilines is 1. The highest BCUT2D eigenvalue weighted by atomic mass is 16.4. The first-order valence-corrected chi connectivity index (χ1v) is 8.71. The Morgan fingerprint density at radius 2 is 1.42 bits per heavy atom. The fourth-order valence-corrected chi connectivity index (χ4v) is 2.51. The van der Waals surface area contributed by atoms with Gasteiger partial charge in [-0.05, 0) is 47.4 Å². The lowest BCUT2D eigenvalue weighted by molar-refractivity contribution is -0.115. The van der Waals surface area contributed by atoms with Crippen LogP contribution in [0.1, 0.15) is 39.7 Å². The highest BCUT2D eigenvalue weighted by Gasteiger charge is 2.15. The first-order valence-electron chi connectivity index (χ1n) is 8.71. The van der Waals surface area contributed by atoms with Gasteiger partial charge >= 0.3 is 0 Å². The summed E-state index contributed by atoms with van der Waals surface area (Å²) >= 11 is 0. The van der Waals surface area contributed by atoms with Gasteiger partial charge in [-0.25, -0.2) is 0 Å². The molecule has 0 aliphatic heterocycles. The molecule has 0 unspecified atom stereocenters. The van der Waals surface area contributed by atoms with Crippen LogP contribution in [0.25, 0.3) is 22.9 Å². The Labute approximate surface area is 153 Å². The van der Waals surface area contributed by atoms with Gasteiger partial charge in [-0.3, -0.25) is 4.79 Å². The Morgan fingerprint density at radius 1 is 0.923 bits per heavy atom. The molecule has 26 heavy (non-hydrogen) atoms. The van der Waals surface area contributed by atoms with Gasteiger partial charge in [0.15, 0.2) is 0 Å². The second-order valence-corrected chi connectivity index (χ2v) is 7.22. The minimum atomic E-state index is -0.0171. The molecule has 0 saturated heterocycles. The van der Waals surface area contributed by atoms with Crippen molar-refractivity contribution in [1.82, 2.24) is 10.2 Å². The van der Waals surface area contributed by atoms with Gasteiger partial charge in [0, 0.05) is 23.2 Å². The van der Waals surface area contributed by atoms with Gasteiger partial charge < -0.3 is 9.73 Å². The zero-order valence-electron chi connectivity index (χ0n) is 15.5. The second-order valence-electron chi connectivity index (χ2n) is 7.22. The molecule has 1 N–H and O–H groups in total. The molecule has 1 amide bonds. The Morgan fingerprint density at radius 3 is 1.88 bits per heavy atom. The van der Waals surface area contributed by atoms with Crippen LogP contribution in [0.5, 0.6) is 0 Å².